The first kappa shape index (κ1) is 19.5. The fourth-order valence-corrected chi connectivity index (χ4v) is 4.07. The molecule has 0 aromatic carbocycles. The molecule has 2 amide bonds. The van der Waals surface area contributed by atoms with E-state index in [9.17, 15) is 9.59 Å². The van der Waals surface area contributed by atoms with Gasteiger partial charge in [0, 0.05) is 44.3 Å². The van der Waals surface area contributed by atoms with E-state index in [1.54, 1.807) is 6.20 Å². The van der Waals surface area contributed by atoms with Crippen LogP contribution in [-0.4, -0.2) is 76.1 Å². The summed E-state index contributed by atoms with van der Waals surface area (Å²) in [5.74, 6) is 0.267. The lowest BCUT2D eigenvalue weighted by molar-refractivity contribution is -0.139. The molecule has 1 atom stereocenters. The van der Waals surface area contributed by atoms with E-state index < -0.39 is 5.97 Å². The quantitative estimate of drug-likeness (QED) is 0.643. The fourth-order valence-electron chi connectivity index (χ4n) is 4.07. The summed E-state index contributed by atoms with van der Waals surface area (Å²) in [7, 11) is 1.93. The number of aromatic nitrogens is 2. The van der Waals surface area contributed by atoms with Gasteiger partial charge in [0.1, 0.15) is 5.82 Å². The number of hydrogen-bond acceptors (Lipinski definition) is 5. The number of carboxylic acids is 1. The zero-order valence-corrected chi connectivity index (χ0v) is 16.1. The molecule has 2 heterocycles. The van der Waals surface area contributed by atoms with Gasteiger partial charge in [0.25, 0.3) is 0 Å². The van der Waals surface area contributed by atoms with Crippen molar-refractivity contribution >= 4 is 17.8 Å². The highest BCUT2D eigenvalue weighted by Crippen LogP contribution is 2.25. The first-order chi connectivity index (χ1) is 13.0. The highest BCUT2D eigenvalue weighted by Gasteiger charge is 2.35. The Kier molecular flexibility index (Phi) is 6.20. The predicted molar refractivity (Wildman–Crippen MR) is 102 cm³/mol. The van der Waals surface area contributed by atoms with Gasteiger partial charge in [-0.3, -0.25) is 14.4 Å². The zero-order valence-electron chi connectivity index (χ0n) is 16.1. The number of aryl methyl sites for hydroxylation is 1. The van der Waals surface area contributed by atoms with E-state index in [-0.39, 0.29) is 30.7 Å². The molecule has 0 radical (unpaired) electrons. The standard InChI is InChI=1S/C18H30N6O3/c1-3-23(12-17(25)26)15-9-14(10-15)21-18(27)20-13-5-4-8-24(11-13)16-6-7-19-22(16)2/h6-7,13-15H,3-5,8-12H2,1-2H3,(H,25,26)(H2,20,21,27). The Morgan fingerprint density at radius 1 is 1.33 bits per heavy atom. The van der Waals surface area contributed by atoms with Crippen LogP contribution in [0.25, 0.3) is 0 Å². The van der Waals surface area contributed by atoms with Crippen molar-refractivity contribution in [1.82, 2.24) is 25.3 Å². The second-order valence-electron chi connectivity index (χ2n) is 7.49. The van der Waals surface area contributed by atoms with Crippen LogP contribution in [0.3, 0.4) is 0 Å². The lowest BCUT2D eigenvalue weighted by Crippen LogP contribution is -2.58. The number of likely N-dealkylation sites (N-methyl/N-ethyl adjacent to an activating group) is 1. The summed E-state index contributed by atoms with van der Waals surface area (Å²) in [4.78, 5) is 27.4. The van der Waals surface area contributed by atoms with E-state index in [2.05, 4.69) is 20.6 Å². The molecule has 0 bridgehead atoms. The average Bonchev–Trinajstić information content (AvgIpc) is 3.02. The van der Waals surface area contributed by atoms with E-state index in [0.29, 0.717) is 6.54 Å². The number of carboxylic acid groups (broad SMARTS) is 1. The van der Waals surface area contributed by atoms with Crippen LogP contribution in [0.5, 0.6) is 0 Å². The molecule has 27 heavy (non-hydrogen) atoms. The van der Waals surface area contributed by atoms with Gasteiger partial charge in [0.15, 0.2) is 0 Å². The van der Waals surface area contributed by atoms with Crippen molar-refractivity contribution in [2.45, 2.75) is 50.7 Å². The number of carbonyl (C=O) groups is 2. The maximum Gasteiger partial charge on any atom is 0.317 e. The molecule has 150 valence electrons. The number of nitrogens with one attached hydrogen (secondary N) is 2. The SMILES string of the molecule is CCN(CC(=O)O)C1CC(NC(=O)NC2CCCN(c3ccnn3C)C2)C1. The highest BCUT2D eigenvalue weighted by molar-refractivity contribution is 5.75. The van der Waals surface area contributed by atoms with Gasteiger partial charge in [-0.15, -0.1) is 0 Å². The third-order valence-electron chi connectivity index (χ3n) is 5.58. The van der Waals surface area contributed by atoms with Gasteiger partial charge in [0.2, 0.25) is 0 Å². The van der Waals surface area contributed by atoms with E-state index in [0.717, 1.165) is 44.6 Å². The molecular weight excluding hydrogens is 348 g/mol. The summed E-state index contributed by atoms with van der Waals surface area (Å²) in [6.45, 7) is 4.49. The molecule has 1 aromatic rings. The summed E-state index contributed by atoms with van der Waals surface area (Å²) in [5.41, 5.74) is 0. The van der Waals surface area contributed by atoms with Gasteiger partial charge in [-0.1, -0.05) is 6.92 Å². The van der Waals surface area contributed by atoms with Crippen molar-refractivity contribution in [3.8, 4) is 0 Å². The second-order valence-corrected chi connectivity index (χ2v) is 7.49. The monoisotopic (exact) mass is 378 g/mol. The van der Waals surface area contributed by atoms with E-state index >= 15 is 0 Å². The van der Waals surface area contributed by atoms with Crippen LogP contribution < -0.4 is 15.5 Å². The molecule has 1 saturated carbocycles. The third kappa shape index (κ3) is 4.91. The topological polar surface area (TPSA) is 103 Å². The van der Waals surface area contributed by atoms with Crippen LogP contribution in [0.15, 0.2) is 12.3 Å². The number of rotatable bonds is 7. The van der Waals surface area contributed by atoms with Crippen LogP contribution in [0.2, 0.25) is 0 Å². The Balaban J connectivity index is 1.41. The zero-order chi connectivity index (χ0) is 19.4. The van der Waals surface area contributed by atoms with E-state index in [1.165, 1.54) is 0 Å². The fraction of sp³-hybridized carbons (Fsp3) is 0.722. The second kappa shape index (κ2) is 8.60. The van der Waals surface area contributed by atoms with Crippen molar-refractivity contribution in [2.75, 3.05) is 31.1 Å². The molecule has 9 nitrogen and oxygen atoms in total. The number of aliphatic carboxylic acids is 1. The Labute approximate surface area is 159 Å². The molecule has 2 fully saturated rings. The Hall–Kier alpha value is -2.29. The Morgan fingerprint density at radius 2 is 2.07 bits per heavy atom. The molecular formula is C18H30N6O3. The van der Waals surface area contributed by atoms with Crippen molar-refractivity contribution in [2.24, 2.45) is 7.05 Å². The number of amides is 2. The summed E-state index contributed by atoms with van der Waals surface area (Å²) in [6, 6.07) is 2.34. The number of urea groups is 1. The van der Waals surface area contributed by atoms with Gasteiger partial charge in [0.05, 0.1) is 12.7 Å². The van der Waals surface area contributed by atoms with Crippen molar-refractivity contribution in [3.05, 3.63) is 12.3 Å². The predicted octanol–water partition coefficient (Wildman–Crippen LogP) is 0.626. The third-order valence-corrected chi connectivity index (χ3v) is 5.58. The van der Waals surface area contributed by atoms with E-state index in [1.807, 2.05) is 29.6 Å². The number of nitrogens with zero attached hydrogens (tertiary/aromatic N) is 4. The minimum atomic E-state index is -0.804. The number of carbonyl (C=O) groups excluding carboxylic acids is 1. The first-order valence-corrected chi connectivity index (χ1v) is 9.72. The van der Waals surface area contributed by atoms with Crippen molar-refractivity contribution in [3.63, 3.8) is 0 Å². The minimum absolute atomic E-state index is 0.0615. The first-order valence-electron chi connectivity index (χ1n) is 9.72. The van der Waals surface area contributed by atoms with Crippen LogP contribution in [-0.2, 0) is 11.8 Å². The van der Waals surface area contributed by atoms with Gasteiger partial charge >= 0.3 is 12.0 Å². The van der Waals surface area contributed by atoms with Gasteiger partial charge in [-0.05, 0) is 32.2 Å². The van der Waals surface area contributed by atoms with Crippen LogP contribution in [0.4, 0.5) is 10.6 Å². The van der Waals surface area contributed by atoms with Gasteiger partial charge < -0.3 is 20.6 Å². The van der Waals surface area contributed by atoms with Crippen LogP contribution in [0.1, 0.15) is 32.6 Å². The lowest BCUT2D eigenvalue weighted by atomic mass is 9.85. The molecule has 9 heteroatoms. The summed E-state index contributed by atoms with van der Waals surface area (Å²) < 4.78 is 1.85. The summed E-state index contributed by atoms with van der Waals surface area (Å²) >= 11 is 0. The molecule has 1 aliphatic heterocycles. The van der Waals surface area contributed by atoms with Crippen molar-refractivity contribution in [1.29, 1.82) is 0 Å². The smallest absolute Gasteiger partial charge is 0.317 e. The van der Waals surface area contributed by atoms with Crippen molar-refractivity contribution < 1.29 is 14.7 Å². The largest absolute Gasteiger partial charge is 0.480 e. The van der Waals surface area contributed by atoms with Gasteiger partial charge in [-0.2, -0.15) is 5.10 Å². The maximum absolute atomic E-state index is 12.3. The molecule has 2 aliphatic rings. The summed E-state index contributed by atoms with van der Waals surface area (Å²) in [5, 5.41) is 19.3. The molecule has 0 spiro atoms. The molecule has 1 unspecified atom stereocenters. The molecule has 1 saturated heterocycles. The van der Waals surface area contributed by atoms with Gasteiger partial charge in [-0.25, -0.2) is 4.79 Å². The minimum Gasteiger partial charge on any atom is -0.480 e. The Bertz CT molecular complexity index is 657. The lowest BCUT2D eigenvalue weighted by Gasteiger charge is -2.42. The molecule has 1 aliphatic carbocycles. The average molecular weight is 378 g/mol. The normalized spacial score (nSPS) is 25.1. The molecule has 3 N–H and O–H groups in total. The maximum atomic E-state index is 12.3. The van der Waals surface area contributed by atoms with Crippen LogP contribution >= 0.6 is 0 Å². The molecule has 3 rings (SSSR count). The van der Waals surface area contributed by atoms with E-state index in [4.69, 9.17) is 5.11 Å². The number of piperidine rings is 1. The molecule has 1 aromatic heterocycles. The number of hydrogen-bond donors (Lipinski definition) is 3. The van der Waals surface area contributed by atoms with Crippen LogP contribution in [0, 0.1) is 0 Å². The summed E-state index contributed by atoms with van der Waals surface area (Å²) in [6.07, 6.45) is 5.40. The highest BCUT2D eigenvalue weighted by atomic mass is 16.4. The number of anilines is 1. The Morgan fingerprint density at radius 3 is 2.70 bits per heavy atom.